The van der Waals surface area contributed by atoms with Crippen LogP contribution < -0.4 is 10.9 Å². The summed E-state index contributed by atoms with van der Waals surface area (Å²) in [7, 11) is 0. The van der Waals surface area contributed by atoms with Crippen molar-refractivity contribution in [3.05, 3.63) is 58.3 Å². The van der Waals surface area contributed by atoms with Crippen molar-refractivity contribution < 1.29 is 9.59 Å². The topological polar surface area (TPSA) is 108 Å². The second-order valence-electron chi connectivity index (χ2n) is 7.51. The molecule has 0 unspecified atom stereocenters. The Kier molecular flexibility index (Phi) is 5.18. The Labute approximate surface area is 162 Å². The molecule has 2 aliphatic rings. The number of likely N-dealkylation sites (tertiary alicyclic amines) is 1. The molecule has 0 aromatic carbocycles. The first-order chi connectivity index (χ1) is 13.6. The number of aromatic nitrogens is 3. The van der Waals surface area contributed by atoms with Crippen LogP contribution in [0, 0.1) is 17.8 Å². The molecule has 0 bridgehead atoms. The van der Waals surface area contributed by atoms with E-state index in [2.05, 4.69) is 20.5 Å². The van der Waals surface area contributed by atoms with Crippen molar-refractivity contribution in [3.8, 4) is 0 Å². The maximum atomic E-state index is 12.6. The van der Waals surface area contributed by atoms with Gasteiger partial charge in [0.2, 0.25) is 5.91 Å². The molecule has 146 valence electrons. The van der Waals surface area contributed by atoms with Crippen molar-refractivity contribution in [2.45, 2.75) is 19.3 Å². The van der Waals surface area contributed by atoms with Crippen molar-refractivity contribution in [3.63, 3.8) is 0 Å². The molecular weight excluding hydrogens is 358 g/mol. The maximum Gasteiger partial charge on any atom is 0.274 e. The third-order valence-corrected chi connectivity index (χ3v) is 5.84. The highest BCUT2D eigenvalue weighted by Gasteiger charge is 2.48. The zero-order chi connectivity index (χ0) is 19.5. The van der Waals surface area contributed by atoms with Gasteiger partial charge in [0.15, 0.2) is 0 Å². The van der Waals surface area contributed by atoms with Crippen LogP contribution in [0.1, 0.15) is 28.9 Å². The lowest BCUT2D eigenvalue weighted by molar-refractivity contribution is -0.136. The summed E-state index contributed by atoms with van der Waals surface area (Å²) < 4.78 is 0. The molecule has 8 nitrogen and oxygen atoms in total. The Morgan fingerprint density at radius 2 is 2.18 bits per heavy atom. The summed E-state index contributed by atoms with van der Waals surface area (Å²) in [5, 5.41) is 9.15. The molecule has 1 saturated heterocycles. The van der Waals surface area contributed by atoms with Gasteiger partial charge in [0, 0.05) is 44.0 Å². The third kappa shape index (κ3) is 3.81. The van der Waals surface area contributed by atoms with Crippen LogP contribution in [0.4, 0.5) is 0 Å². The fourth-order valence-corrected chi connectivity index (χ4v) is 4.20. The van der Waals surface area contributed by atoms with Gasteiger partial charge < -0.3 is 10.2 Å². The van der Waals surface area contributed by atoms with Gasteiger partial charge in [0.05, 0.1) is 0 Å². The summed E-state index contributed by atoms with van der Waals surface area (Å²) in [5.74, 6) is 0.525. The first kappa shape index (κ1) is 18.3. The van der Waals surface area contributed by atoms with Gasteiger partial charge in [-0.05, 0) is 48.8 Å². The number of hydrogen-bond donors (Lipinski definition) is 2. The van der Waals surface area contributed by atoms with E-state index in [1.165, 1.54) is 12.1 Å². The van der Waals surface area contributed by atoms with Crippen molar-refractivity contribution in [2.24, 2.45) is 17.8 Å². The molecular formula is C20H23N5O3. The number of amides is 2. The molecule has 2 amide bonds. The maximum absolute atomic E-state index is 12.6. The average Bonchev–Trinajstić information content (AvgIpc) is 2.70. The summed E-state index contributed by atoms with van der Waals surface area (Å²) in [4.78, 5) is 42.2. The molecule has 28 heavy (non-hydrogen) atoms. The Morgan fingerprint density at radius 3 is 2.93 bits per heavy atom. The number of nitrogens with zero attached hydrogens (tertiary/aromatic N) is 3. The smallest absolute Gasteiger partial charge is 0.274 e. The number of piperidine rings is 1. The number of hydrogen-bond acceptors (Lipinski definition) is 5. The minimum Gasteiger partial charge on any atom is -0.356 e. The summed E-state index contributed by atoms with van der Waals surface area (Å²) in [6, 6.07) is 6.62. The van der Waals surface area contributed by atoms with Crippen LogP contribution >= 0.6 is 0 Å². The van der Waals surface area contributed by atoms with E-state index >= 15 is 0 Å². The summed E-state index contributed by atoms with van der Waals surface area (Å²) in [6.07, 6.45) is 6.08. The Morgan fingerprint density at radius 1 is 1.29 bits per heavy atom. The van der Waals surface area contributed by atoms with Crippen molar-refractivity contribution in [2.75, 3.05) is 19.6 Å². The number of H-pyrrole nitrogens is 1. The highest BCUT2D eigenvalue weighted by atomic mass is 16.2. The highest BCUT2D eigenvalue weighted by Crippen LogP contribution is 2.45. The van der Waals surface area contributed by atoms with Gasteiger partial charge in [-0.2, -0.15) is 5.10 Å². The van der Waals surface area contributed by atoms with Gasteiger partial charge in [-0.15, -0.1) is 0 Å². The number of fused-ring (bicyclic) bond motifs is 1. The van der Waals surface area contributed by atoms with E-state index in [9.17, 15) is 14.4 Å². The predicted molar refractivity (Wildman–Crippen MR) is 101 cm³/mol. The van der Waals surface area contributed by atoms with Crippen LogP contribution in [0.5, 0.6) is 0 Å². The molecule has 4 rings (SSSR count). The molecule has 3 atom stereocenters. The summed E-state index contributed by atoms with van der Waals surface area (Å²) in [6.45, 7) is 1.81. The summed E-state index contributed by atoms with van der Waals surface area (Å²) >= 11 is 0. The minimum absolute atomic E-state index is 0.0435. The van der Waals surface area contributed by atoms with Gasteiger partial charge in [0.1, 0.15) is 5.69 Å². The lowest BCUT2D eigenvalue weighted by atomic mass is 9.61. The minimum atomic E-state index is -0.336. The Bertz CT molecular complexity index is 893. The summed E-state index contributed by atoms with van der Waals surface area (Å²) in [5.41, 5.74) is 0.990. The van der Waals surface area contributed by atoms with Crippen molar-refractivity contribution in [1.82, 2.24) is 25.4 Å². The molecule has 1 aliphatic carbocycles. The van der Waals surface area contributed by atoms with Crippen LogP contribution in [0.15, 0.2) is 41.5 Å². The van der Waals surface area contributed by atoms with Gasteiger partial charge in [-0.25, -0.2) is 5.10 Å². The predicted octanol–water partition coefficient (Wildman–Crippen LogP) is 0.622. The number of nitrogens with one attached hydrogen (secondary N) is 2. The van der Waals surface area contributed by atoms with Gasteiger partial charge >= 0.3 is 0 Å². The number of pyridine rings is 1. The van der Waals surface area contributed by atoms with E-state index in [0.717, 1.165) is 24.8 Å². The van der Waals surface area contributed by atoms with Gasteiger partial charge in [-0.1, -0.05) is 6.07 Å². The first-order valence-electron chi connectivity index (χ1n) is 9.63. The van der Waals surface area contributed by atoms with Gasteiger partial charge in [0.25, 0.3) is 11.5 Å². The fraction of sp³-hybridized carbons (Fsp3) is 0.450. The Balaban J connectivity index is 1.31. The van der Waals surface area contributed by atoms with Crippen molar-refractivity contribution in [1.29, 1.82) is 0 Å². The fourth-order valence-electron chi connectivity index (χ4n) is 4.20. The zero-order valence-electron chi connectivity index (χ0n) is 15.5. The second kappa shape index (κ2) is 7.92. The Hall–Kier alpha value is -3.03. The number of rotatable bonds is 5. The normalized spacial score (nSPS) is 23.4. The van der Waals surface area contributed by atoms with E-state index < -0.39 is 0 Å². The van der Waals surface area contributed by atoms with Crippen LogP contribution in [0.25, 0.3) is 0 Å². The number of aromatic amines is 1. The first-order valence-corrected chi connectivity index (χ1v) is 9.63. The van der Waals surface area contributed by atoms with E-state index in [-0.39, 0.29) is 34.9 Å². The molecule has 2 fully saturated rings. The van der Waals surface area contributed by atoms with Crippen LogP contribution in [-0.2, 0) is 11.2 Å². The monoisotopic (exact) mass is 381 g/mol. The third-order valence-electron chi connectivity index (χ3n) is 5.84. The second-order valence-corrected chi connectivity index (χ2v) is 7.51. The molecule has 1 aliphatic heterocycles. The van der Waals surface area contributed by atoms with E-state index in [1.807, 2.05) is 12.1 Å². The molecule has 0 spiro atoms. The number of carbonyl (C=O) groups is 2. The van der Waals surface area contributed by atoms with E-state index in [4.69, 9.17) is 0 Å². The zero-order valence-corrected chi connectivity index (χ0v) is 15.5. The SMILES string of the molecule is O=C(NCCc1cccnc1)[C@@H]1C[C@H]2CCN(C(=O)c3ccc(=O)[nH]n3)C[C@H]21. The quantitative estimate of drug-likeness (QED) is 0.789. The molecule has 2 aromatic rings. The molecule has 3 heterocycles. The largest absolute Gasteiger partial charge is 0.356 e. The van der Waals surface area contributed by atoms with Gasteiger partial charge in [-0.3, -0.25) is 19.4 Å². The average molecular weight is 381 g/mol. The standard InChI is InChI=1S/C20H23N5O3/c26-18-4-3-17(23-24-18)20(28)25-9-6-14-10-15(16(14)12-25)19(27)22-8-5-13-2-1-7-21-11-13/h1-4,7,11,14-16H,5-6,8-10,12H2,(H,22,27)(H,24,26)/t14-,15-,16-/m1/s1. The molecule has 0 radical (unpaired) electrons. The molecule has 1 saturated carbocycles. The number of carbonyl (C=O) groups excluding carboxylic acids is 2. The van der Waals surface area contributed by atoms with Crippen molar-refractivity contribution >= 4 is 11.8 Å². The lowest BCUT2D eigenvalue weighted by Gasteiger charge is -2.50. The van der Waals surface area contributed by atoms with E-state index in [1.54, 1.807) is 17.3 Å². The molecule has 2 aromatic heterocycles. The van der Waals surface area contributed by atoms with Crippen LogP contribution in [0.2, 0.25) is 0 Å². The molecule has 8 heteroatoms. The highest BCUT2D eigenvalue weighted by molar-refractivity contribution is 5.92. The van der Waals surface area contributed by atoms with E-state index in [0.29, 0.717) is 25.6 Å². The van der Waals surface area contributed by atoms with Crippen LogP contribution in [0.3, 0.4) is 0 Å². The van der Waals surface area contributed by atoms with Crippen LogP contribution in [-0.4, -0.2) is 51.5 Å². The lowest BCUT2D eigenvalue weighted by Crippen LogP contribution is -2.56. The molecule has 2 N–H and O–H groups in total.